The van der Waals surface area contributed by atoms with Crippen molar-refractivity contribution in [3.05, 3.63) is 71.3 Å². The molecule has 84 valence electrons. The van der Waals surface area contributed by atoms with E-state index in [0.29, 0.717) is 5.56 Å². The molecule has 1 nitrogen and oxygen atoms in total. The highest BCUT2D eigenvalue weighted by molar-refractivity contribution is 5.40. The Morgan fingerprint density at radius 3 is 1.88 bits per heavy atom. The molecule has 1 heteroatoms. The van der Waals surface area contributed by atoms with E-state index in [1.54, 1.807) is 0 Å². The smallest absolute Gasteiger partial charge is 0.0991 e. The van der Waals surface area contributed by atoms with E-state index in [1.165, 1.54) is 11.1 Å². The van der Waals surface area contributed by atoms with E-state index in [4.69, 9.17) is 5.26 Å². The molecule has 0 aliphatic rings. The molecule has 0 fully saturated rings. The molecule has 0 atom stereocenters. The van der Waals surface area contributed by atoms with Gasteiger partial charge in [0.1, 0.15) is 0 Å². The molecule has 0 N–H and O–H groups in total. The minimum Gasteiger partial charge on any atom is -0.192 e. The highest BCUT2D eigenvalue weighted by atomic mass is 14.3. The van der Waals surface area contributed by atoms with Gasteiger partial charge in [-0.3, -0.25) is 0 Å². The zero-order chi connectivity index (χ0) is 12.3. The second kappa shape index (κ2) is 4.43. The molecule has 0 saturated heterocycles. The number of nitriles is 1. The summed E-state index contributed by atoms with van der Waals surface area (Å²) >= 11 is 0. The molecule has 17 heavy (non-hydrogen) atoms. The number of nitrogens with zero attached hydrogens (tertiary/aromatic N) is 1. The van der Waals surface area contributed by atoms with Crippen molar-refractivity contribution in [2.45, 2.75) is 19.3 Å². The van der Waals surface area contributed by atoms with E-state index in [-0.39, 0.29) is 5.41 Å². The van der Waals surface area contributed by atoms with Crippen LogP contribution in [0.25, 0.3) is 0 Å². The summed E-state index contributed by atoms with van der Waals surface area (Å²) in [5.41, 5.74) is 3.18. The highest BCUT2D eigenvalue weighted by Gasteiger charge is 2.22. The van der Waals surface area contributed by atoms with Crippen LogP contribution in [0.5, 0.6) is 0 Å². The maximum atomic E-state index is 8.80. The van der Waals surface area contributed by atoms with Crippen LogP contribution in [-0.4, -0.2) is 0 Å². The minimum absolute atomic E-state index is 0.0325. The average molecular weight is 221 g/mol. The van der Waals surface area contributed by atoms with Gasteiger partial charge in [-0.15, -0.1) is 0 Å². The maximum Gasteiger partial charge on any atom is 0.0991 e. The second-order valence-corrected chi connectivity index (χ2v) is 4.68. The summed E-state index contributed by atoms with van der Waals surface area (Å²) in [5.74, 6) is 0. The van der Waals surface area contributed by atoms with Gasteiger partial charge in [0.05, 0.1) is 11.6 Å². The van der Waals surface area contributed by atoms with Gasteiger partial charge in [0.25, 0.3) is 0 Å². The molecule has 0 spiro atoms. The van der Waals surface area contributed by atoms with E-state index in [2.05, 4.69) is 44.2 Å². The van der Waals surface area contributed by atoms with E-state index in [1.807, 2.05) is 30.3 Å². The van der Waals surface area contributed by atoms with Crippen molar-refractivity contribution >= 4 is 0 Å². The molecule has 0 unspecified atom stereocenters. The number of hydrogen-bond acceptors (Lipinski definition) is 1. The van der Waals surface area contributed by atoms with Crippen LogP contribution in [0, 0.1) is 11.3 Å². The Labute approximate surface area is 102 Å². The van der Waals surface area contributed by atoms with Gasteiger partial charge in [-0.2, -0.15) is 5.26 Å². The van der Waals surface area contributed by atoms with Crippen molar-refractivity contribution in [2.24, 2.45) is 0 Å². The van der Waals surface area contributed by atoms with Crippen LogP contribution in [0.3, 0.4) is 0 Å². The zero-order valence-corrected chi connectivity index (χ0v) is 10.1. The van der Waals surface area contributed by atoms with Crippen LogP contribution >= 0.6 is 0 Å². The van der Waals surface area contributed by atoms with Crippen molar-refractivity contribution in [3.8, 4) is 6.07 Å². The fraction of sp³-hybridized carbons (Fsp3) is 0.188. The van der Waals surface area contributed by atoms with Crippen molar-refractivity contribution in [2.75, 3.05) is 0 Å². The number of rotatable bonds is 2. The van der Waals surface area contributed by atoms with Crippen molar-refractivity contribution < 1.29 is 0 Å². The van der Waals surface area contributed by atoms with Crippen LogP contribution in [0.1, 0.15) is 30.5 Å². The van der Waals surface area contributed by atoms with Crippen LogP contribution < -0.4 is 0 Å². The molecular weight excluding hydrogens is 206 g/mol. The normalized spacial score (nSPS) is 10.9. The second-order valence-electron chi connectivity index (χ2n) is 4.68. The fourth-order valence-corrected chi connectivity index (χ4v) is 1.98. The fourth-order valence-electron chi connectivity index (χ4n) is 1.98. The third-order valence-electron chi connectivity index (χ3n) is 3.23. The van der Waals surface area contributed by atoms with Gasteiger partial charge >= 0.3 is 0 Å². The lowest BCUT2D eigenvalue weighted by molar-refractivity contribution is 0.641. The molecule has 2 aromatic carbocycles. The lowest BCUT2D eigenvalue weighted by Crippen LogP contribution is -2.18. The SMILES string of the molecule is CC(C)(c1ccccc1)c1ccc(C#N)cc1. The van der Waals surface area contributed by atoms with Gasteiger partial charge in [0.2, 0.25) is 0 Å². The van der Waals surface area contributed by atoms with E-state index >= 15 is 0 Å². The molecule has 0 bridgehead atoms. The van der Waals surface area contributed by atoms with E-state index in [9.17, 15) is 0 Å². The summed E-state index contributed by atoms with van der Waals surface area (Å²) in [5, 5.41) is 8.80. The summed E-state index contributed by atoms with van der Waals surface area (Å²) < 4.78 is 0. The zero-order valence-electron chi connectivity index (χ0n) is 10.1. The van der Waals surface area contributed by atoms with Crippen molar-refractivity contribution in [1.29, 1.82) is 5.26 Å². The third kappa shape index (κ3) is 2.21. The molecule has 0 amide bonds. The summed E-state index contributed by atoms with van der Waals surface area (Å²) in [6, 6.07) is 20.4. The first kappa shape index (κ1) is 11.4. The Hall–Kier alpha value is -2.07. The van der Waals surface area contributed by atoms with Gasteiger partial charge in [-0.1, -0.05) is 56.3 Å². The van der Waals surface area contributed by atoms with Gasteiger partial charge in [-0.25, -0.2) is 0 Å². The molecule has 0 aliphatic heterocycles. The van der Waals surface area contributed by atoms with E-state index < -0.39 is 0 Å². The Bertz CT molecular complexity index is 530. The standard InChI is InChI=1S/C16H15N/c1-16(2,14-6-4-3-5-7-14)15-10-8-13(12-17)9-11-15/h3-11H,1-2H3. The Morgan fingerprint density at radius 2 is 1.35 bits per heavy atom. The van der Waals surface area contributed by atoms with Gasteiger partial charge in [-0.05, 0) is 23.3 Å². The number of benzene rings is 2. The van der Waals surface area contributed by atoms with Crippen molar-refractivity contribution in [1.82, 2.24) is 0 Å². The Morgan fingerprint density at radius 1 is 0.824 bits per heavy atom. The lowest BCUT2D eigenvalue weighted by Gasteiger charge is -2.26. The average Bonchev–Trinajstić information content (AvgIpc) is 2.40. The van der Waals surface area contributed by atoms with Gasteiger partial charge in [0, 0.05) is 5.41 Å². The number of hydrogen-bond donors (Lipinski definition) is 0. The first-order chi connectivity index (χ1) is 8.14. The largest absolute Gasteiger partial charge is 0.192 e. The van der Waals surface area contributed by atoms with Gasteiger partial charge < -0.3 is 0 Å². The molecule has 2 aromatic rings. The van der Waals surface area contributed by atoms with Crippen LogP contribution in [-0.2, 0) is 5.41 Å². The summed E-state index contributed by atoms with van der Waals surface area (Å²) in [7, 11) is 0. The van der Waals surface area contributed by atoms with E-state index in [0.717, 1.165) is 0 Å². The Kier molecular flexibility index (Phi) is 2.97. The predicted molar refractivity (Wildman–Crippen MR) is 69.7 cm³/mol. The first-order valence-corrected chi connectivity index (χ1v) is 5.71. The topological polar surface area (TPSA) is 23.8 Å². The molecule has 0 radical (unpaired) electrons. The van der Waals surface area contributed by atoms with Gasteiger partial charge in [0.15, 0.2) is 0 Å². The molecule has 0 saturated carbocycles. The predicted octanol–water partition coefficient (Wildman–Crippen LogP) is 3.88. The molecule has 2 rings (SSSR count). The maximum absolute atomic E-state index is 8.80. The van der Waals surface area contributed by atoms with Crippen LogP contribution in [0.15, 0.2) is 54.6 Å². The first-order valence-electron chi connectivity index (χ1n) is 5.71. The minimum atomic E-state index is -0.0325. The Balaban J connectivity index is 2.41. The summed E-state index contributed by atoms with van der Waals surface area (Å²) in [6.45, 7) is 4.40. The van der Waals surface area contributed by atoms with Crippen LogP contribution in [0.2, 0.25) is 0 Å². The monoisotopic (exact) mass is 221 g/mol. The summed E-state index contributed by atoms with van der Waals surface area (Å²) in [6.07, 6.45) is 0. The third-order valence-corrected chi connectivity index (χ3v) is 3.23. The van der Waals surface area contributed by atoms with Crippen molar-refractivity contribution in [3.63, 3.8) is 0 Å². The quantitative estimate of drug-likeness (QED) is 0.754. The molecule has 0 heterocycles. The highest BCUT2D eigenvalue weighted by Crippen LogP contribution is 2.31. The van der Waals surface area contributed by atoms with Crippen LogP contribution in [0.4, 0.5) is 0 Å². The molecular formula is C16H15N. The summed E-state index contributed by atoms with van der Waals surface area (Å²) in [4.78, 5) is 0. The molecule has 0 aliphatic carbocycles. The molecule has 0 aromatic heterocycles. The lowest BCUT2D eigenvalue weighted by atomic mass is 9.78.